The number of hydrogen-bond acceptors (Lipinski definition) is 6. The molecule has 0 aromatic rings. The lowest BCUT2D eigenvalue weighted by Gasteiger charge is -2.37. The normalized spacial score (nSPS) is 19.3. The van der Waals surface area contributed by atoms with Gasteiger partial charge in [-0.3, -0.25) is 14.5 Å². The highest BCUT2D eigenvalue weighted by Gasteiger charge is 2.31. The third-order valence-corrected chi connectivity index (χ3v) is 3.36. The predicted molar refractivity (Wildman–Crippen MR) is 66.1 cm³/mol. The van der Waals surface area contributed by atoms with E-state index < -0.39 is 6.04 Å². The number of ether oxygens (including phenoxy) is 2. The average Bonchev–Trinajstić information content (AvgIpc) is 2.43. The highest BCUT2D eigenvalue weighted by molar-refractivity contribution is 5.82. The molecule has 0 aromatic heterocycles. The Hall–Kier alpha value is -1.14. The Morgan fingerprint density at radius 3 is 2.17 bits per heavy atom. The number of piperazine rings is 1. The number of carbonyl (C=O) groups is 2. The molecule has 6 heteroatoms. The molecule has 0 bridgehead atoms. The summed E-state index contributed by atoms with van der Waals surface area (Å²) in [5.41, 5.74) is 0. The van der Waals surface area contributed by atoms with Crippen LogP contribution >= 0.6 is 0 Å². The molecule has 0 aromatic carbocycles. The van der Waals surface area contributed by atoms with E-state index in [-0.39, 0.29) is 18.4 Å². The summed E-state index contributed by atoms with van der Waals surface area (Å²) < 4.78 is 9.39. The van der Waals surface area contributed by atoms with Crippen molar-refractivity contribution in [3.8, 4) is 0 Å². The summed E-state index contributed by atoms with van der Waals surface area (Å²) in [4.78, 5) is 27.4. The van der Waals surface area contributed by atoms with Crippen molar-refractivity contribution in [3.05, 3.63) is 0 Å². The first-order chi connectivity index (χ1) is 8.62. The molecule has 104 valence electrons. The average molecular weight is 258 g/mol. The molecule has 1 rings (SSSR count). The van der Waals surface area contributed by atoms with Crippen LogP contribution in [0.1, 0.15) is 13.3 Å². The van der Waals surface area contributed by atoms with E-state index in [4.69, 9.17) is 4.74 Å². The Kier molecular flexibility index (Phi) is 6.07. The standard InChI is InChI=1S/C12H22N2O4/c1-4-13-5-7-14(8-6-13)10(12(16)18-3)9-11(15)17-2/h10H,4-9H2,1-3H3/t10-/m1/s1. The van der Waals surface area contributed by atoms with Crippen LogP contribution in [0.3, 0.4) is 0 Å². The van der Waals surface area contributed by atoms with Crippen LogP contribution in [0.15, 0.2) is 0 Å². The quantitative estimate of drug-likeness (QED) is 0.633. The van der Waals surface area contributed by atoms with Crippen molar-refractivity contribution < 1.29 is 19.1 Å². The lowest BCUT2D eigenvalue weighted by atomic mass is 10.1. The largest absolute Gasteiger partial charge is 0.469 e. The van der Waals surface area contributed by atoms with Gasteiger partial charge < -0.3 is 14.4 Å². The molecule has 0 spiro atoms. The van der Waals surface area contributed by atoms with Crippen LogP contribution in [-0.4, -0.2) is 74.7 Å². The molecule has 0 aliphatic carbocycles. The molecule has 1 aliphatic heterocycles. The fourth-order valence-corrected chi connectivity index (χ4v) is 2.13. The molecule has 18 heavy (non-hydrogen) atoms. The summed E-state index contributed by atoms with van der Waals surface area (Å²) in [5, 5.41) is 0. The Morgan fingerprint density at radius 2 is 1.72 bits per heavy atom. The molecule has 1 atom stereocenters. The van der Waals surface area contributed by atoms with Crippen molar-refractivity contribution in [1.29, 1.82) is 0 Å². The van der Waals surface area contributed by atoms with Gasteiger partial charge in [-0.05, 0) is 6.54 Å². The van der Waals surface area contributed by atoms with Gasteiger partial charge in [0.25, 0.3) is 0 Å². The summed E-state index contributed by atoms with van der Waals surface area (Å²) in [5.74, 6) is -0.756. The second-order valence-electron chi connectivity index (χ2n) is 4.29. The molecule has 0 saturated carbocycles. The maximum absolute atomic E-state index is 11.7. The van der Waals surface area contributed by atoms with Gasteiger partial charge in [0.15, 0.2) is 0 Å². The lowest BCUT2D eigenvalue weighted by Crippen LogP contribution is -2.53. The third kappa shape index (κ3) is 3.96. The van der Waals surface area contributed by atoms with Crippen molar-refractivity contribution in [3.63, 3.8) is 0 Å². The van der Waals surface area contributed by atoms with Crippen LogP contribution in [-0.2, 0) is 19.1 Å². The molecule has 1 saturated heterocycles. The van der Waals surface area contributed by atoms with Gasteiger partial charge in [-0.25, -0.2) is 0 Å². The second kappa shape index (κ2) is 7.33. The molecule has 1 aliphatic rings. The Balaban J connectivity index is 2.60. The zero-order valence-corrected chi connectivity index (χ0v) is 11.3. The summed E-state index contributed by atoms with van der Waals surface area (Å²) in [6, 6.07) is -0.526. The Bertz CT molecular complexity index is 288. The zero-order valence-electron chi connectivity index (χ0n) is 11.3. The van der Waals surface area contributed by atoms with Gasteiger partial charge in [0.2, 0.25) is 0 Å². The number of nitrogens with zero attached hydrogens (tertiary/aromatic N) is 2. The van der Waals surface area contributed by atoms with E-state index in [0.29, 0.717) is 0 Å². The molecular formula is C12H22N2O4. The Labute approximate surface area is 108 Å². The van der Waals surface area contributed by atoms with E-state index in [2.05, 4.69) is 16.6 Å². The molecule has 0 radical (unpaired) electrons. The number of likely N-dealkylation sites (N-methyl/N-ethyl adjacent to an activating group) is 1. The van der Waals surface area contributed by atoms with Gasteiger partial charge in [0.05, 0.1) is 20.6 Å². The topological polar surface area (TPSA) is 59.1 Å². The molecule has 0 amide bonds. The molecule has 0 N–H and O–H groups in total. The van der Waals surface area contributed by atoms with Gasteiger partial charge in [-0.2, -0.15) is 0 Å². The fourth-order valence-electron chi connectivity index (χ4n) is 2.13. The van der Waals surface area contributed by atoms with Crippen molar-refractivity contribution in [2.24, 2.45) is 0 Å². The molecule has 1 fully saturated rings. The summed E-state index contributed by atoms with van der Waals surface area (Å²) in [6.07, 6.45) is 0.0509. The minimum Gasteiger partial charge on any atom is -0.469 e. The van der Waals surface area contributed by atoms with E-state index >= 15 is 0 Å². The summed E-state index contributed by atoms with van der Waals surface area (Å²) in [6.45, 7) is 6.47. The monoisotopic (exact) mass is 258 g/mol. The lowest BCUT2D eigenvalue weighted by molar-refractivity contribution is -0.154. The first-order valence-electron chi connectivity index (χ1n) is 6.23. The number of esters is 2. The van der Waals surface area contributed by atoms with E-state index in [1.165, 1.54) is 14.2 Å². The van der Waals surface area contributed by atoms with Crippen LogP contribution in [0.25, 0.3) is 0 Å². The molecule has 1 heterocycles. The number of hydrogen-bond donors (Lipinski definition) is 0. The molecule has 0 unspecified atom stereocenters. The highest BCUT2D eigenvalue weighted by atomic mass is 16.5. The van der Waals surface area contributed by atoms with Crippen molar-refractivity contribution in [1.82, 2.24) is 9.80 Å². The number of carbonyl (C=O) groups excluding carboxylic acids is 2. The predicted octanol–water partition coefficient (Wildman–Crippen LogP) is -0.271. The van der Waals surface area contributed by atoms with E-state index in [1.54, 1.807) is 0 Å². The Morgan fingerprint density at radius 1 is 1.11 bits per heavy atom. The van der Waals surface area contributed by atoms with Gasteiger partial charge in [0.1, 0.15) is 6.04 Å². The van der Waals surface area contributed by atoms with Crippen molar-refractivity contribution in [2.45, 2.75) is 19.4 Å². The maximum Gasteiger partial charge on any atom is 0.323 e. The van der Waals surface area contributed by atoms with Crippen LogP contribution in [0, 0.1) is 0 Å². The number of methoxy groups -OCH3 is 2. The molecular weight excluding hydrogens is 236 g/mol. The molecule has 6 nitrogen and oxygen atoms in total. The minimum atomic E-state index is -0.526. The van der Waals surface area contributed by atoms with Crippen LogP contribution in [0.4, 0.5) is 0 Å². The number of rotatable bonds is 5. The second-order valence-corrected chi connectivity index (χ2v) is 4.29. The SMILES string of the molecule is CCN1CCN([C@H](CC(=O)OC)C(=O)OC)CC1. The summed E-state index contributed by atoms with van der Waals surface area (Å²) in [7, 11) is 2.67. The fraction of sp³-hybridized carbons (Fsp3) is 0.833. The third-order valence-electron chi connectivity index (χ3n) is 3.36. The highest BCUT2D eigenvalue weighted by Crippen LogP contribution is 2.11. The maximum atomic E-state index is 11.7. The first-order valence-corrected chi connectivity index (χ1v) is 6.23. The van der Waals surface area contributed by atoms with E-state index in [9.17, 15) is 9.59 Å². The zero-order chi connectivity index (χ0) is 13.5. The van der Waals surface area contributed by atoms with Crippen LogP contribution in [0.5, 0.6) is 0 Å². The first kappa shape index (κ1) is 14.9. The van der Waals surface area contributed by atoms with Crippen molar-refractivity contribution >= 4 is 11.9 Å². The van der Waals surface area contributed by atoms with Gasteiger partial charge in [-0.15, -0.1) is 0 Å². The van der Waals surface area contributed by atoms with Gasteiger partial charge >= 0.3 is 11.9 Å². The van der Waals surface area contributed by atoms with Crippen molar-refractivity contribution in [2.75, 3.05) is 46.9 Å². The van der Waals surface area contributed by atoms with Gasteiger partial charge in [0, 0.05) is 26.2 Å². The summed E-state index contributed by atoms with van der Waals surface area (Å²) >= 11 is 0. The van der Waals surface area contributed by atoms with Crippen LogP contribution < -0.4 is 0 Å². The minimum absolute atomic E-state index is 0.0509. The van der Waals surface area contributed by atoms with Crippen LogP contribution in [0.2, 0.25) is 0 Å². The smallest absolute Gasteiger partial charge is 0.323 e. The van der Waals surface area contributed by atoms with E-state index in [1.807, 2.05) is 4.90 Å². The van der Waals surface area contributed by atoms with Gasteiger partial charge in [-0.1, -0.05) is 6.92 Å². The van der Waals surface area contributed by atoms with E-state index in [0.717, 1.165) is 32.7 Å².